The van der Waals surface area contributed by atoms with Crippen LogP contribution in [0.1, 0.15) is 28.7 Å². The third-order valence-corrected chi connectivity index (χ3v) is 2.74. The van der Waals surface area contributed by atoms with Gasteiger partial charge in [0.15, 0.2) is 11.4 Å². The Morgan fingerprint density at radius 1 is 1.36 bits per heavy atom. The van der Waals surface area contributed by atoms with Crippen molar-refractivity contribution in [1.82, 2.24) is 9.78 Å². The van der Waals surface area contributed by atoms with Crippen molar-refractivity contribution in [1.29, 1.82) is 5.26 Å². The number of hydrogen-bond donors (Lipinski definition) is 0. The molecule has 2 aromatic rings. The lowest BCUT2D eigenvalue weighted by atomic mass is 10.1. The summed E-state index contributed by atoms with van der Waals surface area (Å²) in [6, 6.07) is 9.36. The predicted octanol–water partition coefficient (Wildman–Crippen LogP) is 2.94. The van der Waals surface area contributed by atoms with Crippen molar-refractivity contribution in [3.63, 3.8) is 0 Å². The number of nitrogens with zero attached hydrogens (tertiary/aromatic N) is 3. The van der Waals surface area contributed by atoms with Crippen LogP contribution in [-0.4, -0.2) is 22.4 Å². The van der Waals surface area contributed by atoms with Crippen LogP contribution in [-0.2, 0) is 10.9 Å². The molecular formula is C14H10F3N3O2. The average molecular weight is 309 g/mol. The molecule has 0 aliphatic heterocycles. The lowest BCUT2D eigenvalue weighted by Gasteiger charge is -2.05. The molecular weight excluding hydrogens is 299 g/mol. The monoisotopic (exact) mass is 309 g/mol. The van der Waals surface area contributed by atoms with E-state index in [4.69, 9.17) is 0 Å². The van der Waals surface area contributed by atoms with E-state index in [0.717, 1.165) is 4.68 Å². The van der Waals surface area contributed by atoms with Crippen LogP contribution in [0.2, 0.25) is 0 Å². The summed E-state index contributed by atoms with van der Waals surface area (Å²) in [5.41, 5.74) is -2.59. The summed E-state index contributed by atoms with van der Waals surface area (Å²) >= 11 is 0. The van der Waals surface area contributed by atoms with Gasteiger partial charge in [-0.2, -0.15) is 23.5 Å². The van der Waals surface area contributed by atoms with E-state index < -0.39 is 29.1 Å². The van der Waals surface area contributed by atoms with E-state index in [1.54, 1.807) is 24.3 Å². The van der Waals surface area contributed by atoms with Gasteiger partial charge in [-0.25, -0.2) is 9.48 Å². The molecule has 0 saturated heterocycles. The first-order valence-electron chi connectivity index (χ1n) is 6.23. The second kappa shape index (κ2) is 5.89. The Morgan fingerprint density at radius 3 is 2.50 bits per heavy atom. The number of rotatable bonds is 3. The fourth-order valence-electron chi connectivity index (χ4n) is 1.87. The van der Waals surface area contributed by atoms with E-state index in [1.165, 1.54) is 19.1 Å². The number of halogens is 3. The molecule has 0 bridgehead atoms. The molecule has 0 atom stereocenters. The number of nitriles is 1. The number of esters is 1. The number of ether oxygens (including phenoxy) is 1. The van der Waals surface area contributed by atoms with Gasteiger partial charge in [-0.15, -0.1) is 0 Å². The Bertz CT molecular complexity index is 730. The number of alkyl halides is 3. The quantitative estimate of drug-likeness (QED) is 0.818. The van der Waals surface area contributed by atoms with Gasteiger partial charge in [0.05, 0.1) is 12.3 Å². The zero-order valence-electron chi connectivity index (χ0n) is 11.4. The first kappa shape index (κ1) is 15.6. The molecule has 1 aromatic heterocycles. The molecule has 114 valence electrons. The number of para-hydroxylation sites is 1. The molecule has 2 rings (SSSR count). The number of hydrogen-bond acceptors (Lipinski definition) is 4. The summed E-state index contributed by atoms with van der Waals surface area (Å²) in [4.78, 5) is 11.8. The lowest BCUT2D eigenvalue weighted by Crippen LogP contribution is -2.15. The Balaban J connectivity index is 2.73. The Kier molecular flexibility index (Phi) is 4.17. The van der Waals surface area contributed by atoms with Crippen LogP contribution in [0.3, 0.4) is 0 Å². The molecule has 5 nitrogen and oxygen atoms in total. The number of carbonyl (C=O) groups is 1. The molecule has 0 amide bonds. The van der Waals surface area contributed by atoms with Crippen LogP contribution in [0, 0.1) is 11.3 Å². The van der Waals surface area contributed by atoms with E-state index in [-0.39, 0.29) is 12.3 Å². The SMILES string of the molecule is CCOC(=O)c1c(C(F)(F)F)nn(-c2ccccc2)c1C#N. The fourth-order valence-corrected chi connectivity index (χ4v) is 1.87. The third-order valence-electron chi connectivity index (χ3n) is 2.74. The molecule has 0 fully saturated rings. The minimum Gasteiger partial charge on any atom is -0.462 e. The minimum atomic E-state index is -4.88. The topological polar surface area (TPSA) is 67.9 Å². The smallest absolute Gasteiger partial charge is 0.436 e. The fraction of sp³-hybridized carbons (Fsp3) is 0.214. The van der Waals surface area contributed by atoms with Gasteiger partial charge in [-0.05, 0) is 19.1 Å². The minimum absolute atomic E-state index is 0.114. The summed E-state index contributed by atoms with van der Waals surface area (Å²) in [7, 11) is 0. The van der Waals surface area contributed by atoms with Gasteiger partial charge in [0.1, 0.15) is 11.6 Å². The average Bonchev–Trinajstić information content (AvgIpc) is 2.88. The highest BCUT2D eigenvalue weighted by molar-refractivity contribution is 5.93. The summed E-state index contributed by atoms with van der Waals surface area (Å²) in [5.74, 6) is -1.23. The van der Waals surface area contributed by atoms with Gasteiger partial charge < -0.3 is 4.74 Å². The zero-order valence-corrected chi connectivity index (χ0v) is 11.4. The van der Waals surface area contributed by atoms with Gasteiger partial charge >= 0.3 is 12.1 Å². The predicted molar refractivity (Wildman–Crippen MR) is 69.2 cm³/mol. The van der Waals surface area contributed by atoms with E-state index in [1.807, 2.05) is 0 Å². The normalized spacial score (nSPS) is 11.0. The number of carbonyl (C=O) groups excluding carboxylic acids is 1. The van der Waals surface area contributed by atoms with E-state index in [9.17, 15) is 23.2 Å². The van der Waals surface area contributed by atoms with Crippen LogP contribution < -0.4 is 0 Å². The van der Waals surface area contributed by atoms with Crippen LogP contribution in [0.25, 0.3) is 5.69 Å². The first-order chi connectivity index (χ1) is 10.4. The second-order valence-corrected chi connectivity index (χ2v) is 4.15. The molecule has 22 heavy (non-hydrogen) atoms. The Labute approximate surface area is 123 Å². The third kappa shape index (κ3) is 2.79. The van der Waals surface area contributed by atoms with Crippen molar-refractivity contribution in [2.45, 2.75) is 13.1 Å². The maximum atomic E-state index is 13.1. The largest absolute Gasteiger partial charge is 0.462 e. The molecule has 1 heterocycles. The molecule has 0 N–H and O–H groups in total. The molecule has 8 heteroatoms. The maximum Gasteiger partial charge on any atom is 0.436 e. The molecule has 1 aromatic carbocycles. The molecule has 0 radical (unpaired) electrons. The van der Waals surface area contributed by atoms with Crippen molar-refractivity contribution < 1.29 is 22.7 Å². The van der Waals surface area contributed by atoms with Crippen molar-refractivity contribution in [2.75, 3.05) is 6.61 Å². The molecule has 0 aliphatic rings. The van der Waals surface area contributed by atoms with E-state index in [0.29, 0.717) is 0 Å². The highest BCUT2D eigenvalue weighted by Crippen LogP contribution is 2.33. The van der Waals surface area contributed by atoms with Crippen LogP contribution in [0.5, 0.6) is 0 Å². The van der Waals surface area contributed by atoms with Crippen LogP contribution >= 0.6 is 0 Å². The lowest BCUT2D eigenvalue weighted by molar-refractivity contribution is -0.141. The maximum absolute atomic E-state index is 13.1. The van der Waals surface area contributed by atoms with Crippen molar-refractivity contribution in [3.05, 3.63) is 47.3 Å². The molecule has 0 aliphatic carbocycles. The van der Waals surface area contributed by atoms with Crippen LogP contribution in [0.15, 0.2) is 30.3 Å². The van der Waals surface area contributed by atoms with E-state index in [2.05, 4.69) is 9.84 Å². The highest BCUT2D eigenvalue weighted by Gasteiger charge is 2.42. The van der Waals surface area contributed by atoms with Gasteiger partial charge in [-0.3, -0.25) is 0 Å². The summed E-state index contributed by atoms with van der Waals surface area (Å²) in [6.45, 7) is 1.34. The second-order valence-electron chi connectivity index (χ2n) is 4.15. The van der Waals surface area contributed by atoms with Gasteiger partial charge in [0.25, 0.3) is 0 Å². The Hall–Kier alpha value is -2.82. The highest BCUT2D eigenvalue weighted by atomic mass is 19.4. The standard InChI is InChI=1S/C14H10F3N3O2/c1-2-22-13(21)11-10(8-18)20(9-6-4-3-5-7-9)19-12(11)14(15,16)17/h3-7H,2H2,1H3. The Morgan fingerprint density at radius 2 is 2.00 bits per heavy atom. The number of aromatic nitrogens is 2. The van der Waals surface area contributed by atoms with Gasteiger partial charge in [0.2, 0.25) is 0 Å². The molecule has 0 unspecified atom stereocenters. The summed E-state index contributed by atoms with van der Waals surface area (Å²) in [5, 5.41) is 12.6. The van der Waals surface area contributed by atoms with Crippen LogP contribution in [0.4, 0.5) is 13.2 Å². The van der Waals surface area contributed by atoms with E-state index >= 15 is 0 Å². The first-order valence-corrected chi connectivity index (χ1v) is 6.23. The van der Waals surface area contributed by atoms with Crippen molar-refractivity contribution >= 4 is 5.97 Å². The number of benzene rings is 1. The van der Waals surface area contributed by atoms with Gasteiger partial charge in [-0.1, -0.05) is 18.2 Å². The van der Waals surface area contributed by atoms with Crippen molar-refractivity contribution in [2.24, 2.45) is 0 Å². The van der Waals surface area contributed by atoms with Gasteiger partial charge in [0, 0.05) is 0 Å². The van der Waals surface area contributed by atoms with Crippen molar-refractivity contribution in [3.8, 4) is 11.8 Å². The zero-order chi connectivity index (χ0) is 16.3. The summed E-state index contributed by atoms with van der Waals surface area (Å²) in [6.07, 6.45) is -4.88. The summed E-state index contributed by atoms with van der Waals surface area (Å²) < 4.78 is 44.7. The molecule has 0 spiro atoms. The molecule has 0 saturated carbocycles.